The van der Waals surface area contributed by atoms with Gasteiger partial charge in [0.15, 0.2) is 5.78 Å². The number of hydrogen-bond donors (Lipinski definition) is 0. The molecule has 0 aliphatic heterocycles. The van der Waals surface area contributed by atoms with Crippen LogP contribution < -0.4 is 4.74 Å². The minimum absolute atomic E-state index is 0.0928. The van der Waals surface area contributed by atoms with Crippen LogP contribution in [-0.2, 0) is 6.42 Å². The zero-order chi connectivity index (χ0) is 13.8. The molecule has 0 aliphatic carbocycles. The van der Waals surface area contributed by atoms with Crippen LogP contribution in [0.1, 0.15) is 29.9 Å². The highest BCUT2D eigenvalue weighted by Crippen LogP contribution is 2.26. The number of ether oxygens (including phenoxy) is 1. The van der Waals surface area contributed by atoms with E-state index in [0.29, 0.717) is 11.4 Å². The second-order valence-electron chi connectivity index (χ2n) is 4.38. The van der Waals surface area contributed by atoms with Gasteiger partial charge < -0.3 is 4.74 Å². The Hall–Kier alpha value is -2.16. The van der Waals surface area contributed by atoms with Crippen LogP contribution in [0, 0.1) is 0 Å². The summed E-state index contributed by atoms with van der Waals surface area (Å²) in [5, 5.41) is 0. The van der Waals surface area contributed by atoms with Crippen molar-refractivity contribution in [3.8, 4) is 16.9 Å². The van der Waals surface area contributed by atoms with Gasteiger partial charge in [-0.1, -0.05) is 31.2 Å². The van der Waals surface area contributed by atoms with Gasteiger partial charge in [-0.15, -0.1) is 0 Å². The number of aryl methyl sites for hydroxylation is 1. The quantitative estimate of drug-likeness (QED) is 0.785. The number of Topliss-reactive ketones (excluding diaryl/α,β-unsaturated/α-hetero) is 1. The number of benzene rings is 1. The van der Waals surface area contributed by atoms with E-state index in [4.69, 9.17) is 4.74 Å². The van der Waals surface area contributed by atoms with Crippen molar-refractivity contribution < 1.29 is 9.53 Å². The Bertz CT molecular complexity index is 588. The molecular formula is C16H17NO2. The van der Waals surface area contributed by atoms with Gasteiger partial charge in [0.2, 0.25) is 0 Å². The standard InChI is InChI=1S/C16H17NO2/c1-4-12-5-7-13(8-6-12)14-9-15(19-3)16(11(2)18)17-10-14/h5-10H,4H2,1-3H3. The summed E-state index contributed by atoms with van der Waals surface area (Å²) in [5.41, 5.74) is 3.68. The molecule has 0 amide bonds. The Morgan fingerprint density at radius 3 is 2.42 bits per heavy atom. The lowest BCUT2D eigenvalue weighted by Crippen LogP contribution is -2.01. The SMILES string of the molecule is CCc1ccc(-c2cnc(C(C)=O)c(OC)c2)cc1. The summed E-state index contributed by atoms with van der Waals surface area (Å²) in [6, 6.07) is 10.2. The molecule has 3 nitrogen and oxygen atoms in total. The molecule has 0 bridgehead atoms. The summed E-state index contributed by atoms with van der Waals surface area (Å²) in [6.07, 6.45) is 2.73. The summed E-state index contributed by atoms with van der Waals surface area (Å²) in [7, 11) is 1.55. The second-order valence-corrected chi connectivity index (χ2v) is 4.38. The molecule has 19 heavy (non-hydrogen) atoms. The van der Waals surface area contributed by atoms with Gasteiger partial charge in [0.05, 0.1) is 7.11 Å². The number of hydrogen-bond acceptors (Lipinski definition) is 3. The number of aromatic nitrogens is 1. The van der Waals surface area contributed by atoms with Crippen molar-refractivity contribution in [2.45, 2.75) is 20.3 Å². The number of methoxy groups -OCH3 is 1. The van der Waals surface area contributed by atoms with E-state index in [1.54, 1.807) is 13.3 Å². The molecule has 98 valence electrons. The predicted octanol–water partition coefficient (Wildman–Crippen LogP) is 3.52. The van der Waals surface area contributed by atoms with E-state index in [9.17, 15) is 4.79 Å². The first kappa shape index (κ1) is 13.3. The van der Waals surface area contributed by atoms with Crippen LogP contribution >= 0.6 is 0 Å². The van der Waals surface area contributed by atoms with Gasteiger partial charge in [-0.3, -0.25) is 4.79 Å². The van der Waals surface area contributed by atoms with Gasteiger partial charge in [-0.25, -0.2) is 4.98 Å². The molecule has 0 saturated heterocycles. The minimum atomic E-state index is -0.0928. The largest absolute Gasteiger partial charge is 0.494 e. The van der Waals surface area contributed by atoms with E-state index in [1.165, 1.54) is 12.5 Å². The van der Waals surface area contributed by atoms with Gasteiger partial charge in [0, 0.05) is 18.7 Å². The molecule has 0 N–H and O–H groups in total. The van der Waals surface area contributed by atoms with E-state index < -0.39 is 0 Å². The molecule has 0 spiro atoms. The molecule has 0 unspecified atom stereocenters. The number of rotatable bonds is 4. The lowest BCUT2D eigenvalue weighted by Gasteiger charge is -2.08. The number of carbonyl (C=O) groups is 1. The molecule has 0 radical (unpaired) electrons. The summed E-state index contributed by atoms with van der Waals surface area (Å²) in [5.74, 6) is 0.425. The fourth-order valence-corrected chi connectivity index (χ4v) is 1.96. The fourth-order valence-electron chi connectivity index (χ4n) is 1.96. The van der Waals surface area contributed by atoms with Gasteiger partial charge >= 0.3 is 0 Å². The van der Waals surface area contributed by atoms with Crippen molar-refractivity contribution in [3.05, 3.63) is 47.8 Å². The van der Waals surface area contributed by atoms with Crippen LogP contribution in [0.25, 0.3) is 11.1 Å². The monoisotopic (exact) mass is 255 g/mol. The first-order valence-electron chi connectivity index (χ1n) is 6.30. The fraction of sp³-hybridized carbons (Fsp3) is 0.250. The van der Waals surface area contributed by atoms with Gasteiger partial charge in [-0.2, -0.15) is 0 Å². The van der Waals surface area contributed by atoms with Crippen LogP contribution in [0.15, 0.2) is 36.5 Å². The number of pyridine rings is 1. The Balaban J connectivity index is 2.42. The molecular weight excluding hydrogens is 238 g/mol. The molecule has 1 heterocycles. The molecule has 2 aromatic rings. The van der Waals surface area contributed by atoms with E-state index in [2.05, 4.69) is 36.2 Å². The lowest BCUT2D eigenvalue weighted by atomic mass is 10.0. The van der Waals surface area contributed by atoms with Crippen LogP contribution in [-0.4, -0.2) is 17.9 Å². The van der Waals surface area contributed by atoms with Crippen molar-refractivity contribution >= 4 is 5.78 Å². The third-order valence-corrected chi connectivity index (χ3v) is 3.10. The average Bonchev–Trinajstić information content (AvgIpc) is 2.46. The smallest absolute Gasteiger partial charge is 0.181 e. The Morgan fingerprint density at radius 2 is 1.89 bits per heavy atom. The van der Waals surface area contributed by atoms with Crippen LogP contribution in [0.5, 0.6) is 5.75 Å². The maximum atomic E-state index is 11.4. The Labute approximate surface area is 113 Å². The molecule has 0 saturated carbocycles. The predicted molar refractivity (Wildman–Crippen MR) is 75.6 cm³/mol. The first-order valence-corrected chi connectivity index (χ1v) is 6.30. The van der Waals surface area contributed by atoms with Crippen molar-refractivity contribution in [3.63, 3.8) is 0 Å². The first-order chi connectivity index (χ1) is 9.15. The third kappa shape index (κ3) is 2.81. The van der Waals surface area contributed by atoms with Crippen molar-refractivity contribution in [1.82, 2.24) is 4.98 Å². The van der Waals surface area contributed by atoms with Crippen LogP contribution in [0.2, 0.25) is 0 Å². The average molecular weight is 255 g/mol. The van der Waals surface area contributed by atoms with Crippen LogP contribution in [0.3, 0.4) is 0 Å². The van der Waals surface area contributed by atoms with E-state index >= 15 is 0 Å². The molecule has 1 aromatic heterocycles. The zero-order valence-corrected chi connectivity index (χ0v) is 11.4. The van der Waals surface area contributed by atoms with Gasteiger partial charge in [0.1, 0.15) is 11.4 Å². The van der Waals surface area contributed by atoms with Crippen molar-refractivity contribution in [1.29, 1.82) is 0 Å². The topological polar surface area (TPSA) is 39.2 Å². The number of nitrogens with zero attached hydrogens (tertiary/aromatic N) is 1. The Morgan fingerprint density at radius 1 is 1.21 bits per heavy atom. The van der Waals surface area contributed by atoms with E-state index in [0.717, 1.165) is 17.5 Å². The summed E-state index contributed by atoms with van der Waals surface area (Å²) < 4.78 is 5.23. The summed E-state index contributed by atoms with van der Waals surface area (Å²) in [6.45, 7) is 3.61. The maximum Gasteiger partial charge on any atom is 0.181 e. The summed E-state index contributed by atoms with van der Waals surface area (Å²) in [4.78, 5) is 15.6. The van der Waals surface area contributed by atoms with Crippen LogP contribution in [0.4, 0.5) is 0 Å². The van der Waals surface area contributed by atoms with E-state index in [1.807, 2.05) is 6.07 Å². The number of ketones is 1. The highest BCUT2D eigenvalue weighted by atomic mass is 16.5. The zero-order valence-electron chi connectivity index (χ0n) is 11.4. The molecule has 0 fully saturated rings. The number of carbonyl (C=O) groups excluding carboxylic acids is 1. The second kappa shape index (κ2) is 5.65. The third-order valence-electron chi connectivity index (χ3n) is 3.10. The molecule has 0 atom stereocenters. The highest BCUT2D eigenvalue weighted by Gasteiger charge is 2.11. The van der Waals surface area contributed by atoms with Crippen molar-refractivity contribution in [2.75, 3.05) is 7.11 Å². The molecule has 0 aliphatic rings. The molecule has 1 aromatic carbocycles. The molecule has 2 rings (SSSR count). The molecule has 3 heteroatoms. The van der Waals surface area contributed by atoms with Crippen molar-refractivity contribution in [2.24, 2.45) is 0 Å². The normalized spacial score (nSPS) is 10.3. The highest BCUT2D eigenvalue weighted by molar-refractivity contribution is 5.95. The Kier molecular flexibility index (Phi) is 3.95. The lowest BCUT2D eigenvalue weighted by molar-refractivity contribution is 0.101. The van der Waals surface area contributed by atoms with E-state index in [-0.39, 0.29) is 5.78 Å². The van der Waals surface area contributed by atoms with Gasteiger partial charge in [0.25, 0.3) is 0 Å². The maximum absolute atomic E-state index is 11.4. The minimum Gasteiger partial charge on any atom is -0.494 e. The summed E-state index contributed by atoms with van der Waals surface area (Å²) >= 11 is 0. The van der Waals surface area contributed by atoms with Gasteiger partial charge in [-0.05, 0) is 23.6 Å².